The van der Waals surface area contributed by atoms with Crippen molar-refractivity contribution >= 4 is 0 Å². The van der Waals surface area contributed by atoms with Crippen LogP contribution in [0.25, 0.3) is 0 Å². The lowest BCUT2D eigenvalue weighted by molar-refractivity contribution is 0.386. The summed E-state index contributed by atoms with van der Waals surface area (Å²) in [4.78, 5) is 11.2. The molecule has 0 aromatic carbocycles. The first-order valence-corrected chi connectivity index (χ1v) is 5.92. The summed E-state index contributed by atoms with van der Waals surface area (Å²) in [5.41, 5.74) is 1.51. The van der Waals surface area contributed by atoms with Gasteiger partial charge in [0.1, 0.15) is 0 Å². The summed E-state index contributed by atoms with van der Waals surface area (Å²) < 4.78 is 4.71. The number of aryl methyl sites for hydroxylation is 1. The maximum absolute atomic E-state index is 11.2. The molecule has 1 N–H and O–H groups in total. The lowest BCUT2D eigenvalue weighted by atomic mass is 10.1. The summed E-state index contributed by atoms with van der Waals surface area (Å²) in [7, 11) is 0. The Balaban J connectivity index is 2.18. The second kappa shape index (κ2) is 6.49. The topological polar surface area (TPSA) is 46.0 Å². The Kier molecular flexibility index (Phi) is 5.22. The number of aromatic amines is 1. The summed E-state index contributed by atoms with van der Waals surface area (Å²) in [5, 5.41) is 2.61. The third-order valence-corrected chi connectivity index (χ3v) is 2.78. The van der Waals surface area contributed by atoms with Crippen molar-refractivity contribution in [1.82, 2.24) is 5.16 Å². The van der Waals surface area contributed by atoms with E-state index in [2.05, 4.69) is 12.1 Å². The summed E-state index contributed by atoms with van der Waals surface area (Å²) >= 11 is 0. The minimum atomic E-state index is -0.193. The smallest absolute Gasteiger partial charge is 0.339 e. The van der Waals surface area contributed by atoms with Gasteiger partial charge in [-0.25, -0.2) is 9.95 Å². The van der Waals surface area contributed by atoms with Gasteiger partial charge in [0.2, 0.25) is 0 Å². The summed E-state index contributed by atoms with van der Waals surface area (Å²) in [6.45, 7) is 4.10. The predicted molar refractivity (Wildman–Crippen MR) is 61.1 cm³/mol. The second-order valence-corrected chi connectivity index (χ2v) is 4.11. The van der Waals surface area contributed by atoms with E-state index in [-0.39, 0.29) is 5.63 Å². The van der Waals surface area contributed by atoms with Crippen LogP contribution in [0.2, 0.25) is 0 Å². The lowest BCUT2D eigenvalue weighted by Gasteiger charge is -1.99. The van der Waals surface area contributed by atoms with Crippen molar-refractivity contribution in [2.75, 3.05) is 0 Å². The maximum Gasteiger partial charge on any atom is 0.360 e. The van der Waals surface area contributed by atoms with Crippen LogP contribution in [-0.4, -0.2) is 5.16 Å². The number of aromatic nitrogens is 1. The van der Waals surface area contributed by atoms with E-state index in [9.17, 15) is 4.79 Å². The van der Waals surface area contributed by atoms with Gasteiger partial charge in [-0.3, -0.25) is 0 Å². The van der Waals surface area contributed by atoms with Crippen molar-refractivity contribution in [2.24, 2.45) is 0 Å². The molecule has 3 heteroatoms. The van der Waals surface area contributed by atoms with Crippen molar-refractivity contribution < 1.29 is 4.52 Å². The number of H-pyrrole nitrogens is 1. The zero-order valence-electron chi connectivity index (χ0n) is 9.77. The van der Waals surface area contributed by atoms with Crippen molar-refractivity contribution in [3.05, 3.63) is 21.7 Å². The third-order valence-electron chi connectivity index (χ3n) is 2.78. The zero-order chi connectivity index (χ0) is 11.1. The van der Waals surface area contributed by atoms with Crippen molar-refractivity contribution in [3.8, 4) is 0 Å². The largest absolute Gasteiger partial charge is 0.360 e. The van der Waals surface area contributed by atoms with Crippen LogP contribution in [0.5, 0.6) is 0 Å². The molecule has 0 radical (unpaired) electrons. The van der Waals surface area contributed by atoms with Crippen LogP contribution in [0.1, 0.15) is 56.7 Å². The Morgan fingerprint density at radius 3 is 2.40 bits per heavy atom. The Morgan fingerprint density at radius 2 is 1.80 bits per heavy atom. The molecule has 1 rings (SSSR count). The van der Waals surface area contributed by atoms with E-state index in [1.165, 1.54) is 32.1 Å². The van der Waals surface area contributed by atoms with E-state index in [0.717, 1.165) is 24.1 Å². The summed E-state index contributed by atoms with van der Waals surface area (Å²) in [6.07, 6.45) is 8.35. The highest BCUT2D eigenvalue weighted by Crippen LogP contribution is 2.09. The van der Waals surface area contributed by atoms with Gasteiger partial charge in [-0.1, -0.05) is 39.0 Å². The van der Waals surface area contributed by atoms with E-state index >= 15 is 0 Å². The van der Waals surface area contributed by atoms with Crippen LogP contribution < -0.4 is 5.63 Å². The van der Waals surface area contributed by atoms with Gasteiger partial charge in [0.15, 0.2) is 0 Å². The first-order chi connectivity index (χ1) is 7.25. The highest BCUT2D eigenvalue weighted by atomic mass is 16.5. The van der Waals surface area contributed by atoms with Crippen LogP contribution in [0, 0.1) is 6.92 Å². The van der Waals surface area contributed by atoms with Gasteiger partial charge in [0.25, 0.3) is 0 Å². The SMILES string of the molecule is CCCCCCCCc1c(C)[nH]oc1=O. The van der Waals surface area contributed by atoms with Crippen LogP contribution >= 0.6 is 0 Å². The monoisotopic (exact) mass is 211 g/mol. The number of nitrogens with one attached hydrogen (secondary N) is 1. The minimum absolute atomic E-state index is 0.193. The fourth-order valence-electron chi connectivity index (χ4n) is 1.77. The fraction of sp³-hybridized carbons (Fsp3) is 0.750. The van der Waals surface area contributed by atoms with E-state index in [1.54, 1.807) is 0 Å². The standard InChI is InChI=1S/C12H21NO2/c1-3-4-5-6-7-8-9-11-10(2)13-15-12(11)14/h13H,3-9H2,1-2H3. The number of hydrogen-bond donors (Lipinski definition) is 1. The normalized spacial score (nSPS) is 10.8. The zero-order valence-corrected chi connectivity index (χ0v) is 9.77. The molecule has 0 aliphatic heterocycles. The number of hydrogen-bond acceptors (Lipinski definition) is 2. The maximum atomic E-state index is 11.2. The van der Waals surface area contributed by atoms with Crippen molar-refractivity contribution in [3.63, 3.8) is 0 Å². The highest BCUT2D eigenvalue weighted by molar-refractivity contribution is 5.12. The quantitative estimate of drug-likeness (QED) is 0.704. The predicted octanol–water partition coefficient (Wildman–Crippen LogP) is 3.18. The highest BCUT2D eigenvalue weighted by Gasteiger charge is 2.06. The molecular formula is C12H21NO2. The Labute approximate surface area is 90.8 Å². The van der Waals surface area contributed by atoms with E-state index in [0.29, 0.717) is 0 Å². The molecule has 1 heterocycles. The molecule has 0 saturated heterocycles. The van der Waals surface area contributed by atoms with E-state index in [4.69, 9.17) is 4.52 Å². The van der Waals surface area contributed by atoms with Gasteiger partial charge in [0.05, 0.1) is 11.3 Å². The number of rotatable bonds is 7. The van der Waals surface area contributed by atoms with Crippen molar-refractivity contribution in [1.29, 1.82) is 0 Å². The Hall–Kier alpha value is -0.990. The molecule has 1 aromatic heterocycles. The molecule has 0 amide bonds. The molecule has 0 saturated carbocycles. The molecule has 0 unspecified atom stereocenters. The fourth-order valence-corrected chi connectivity index (χ4v) is 1.77. The molecule has 0 aliphatic rings. The van der Waals surface area contributed by atoms with Crippen LogP contribution in [0.3, 0.4) is 0 Å². The second-order valence-electron chi connectivity index (χ2n) is 4.11. The first-order valence-electron chi connectivity index (χ1n) is 5.92. The van der Waals surface area contributed by atoms with Crippen LogP contribution in [0.4, 0.5) is 0 Å². The molecule has 1 aromatic rings. The van der Waals surface area contributed by atoms with Gasteiger partial charge < -0.3 is 4.52 Å². The van der Waals surface area contributed by atoms with Gasteiger partial charge in [0, 0.05) is 0 Å². The molecule has 0 fully saturated rings. The molecule has 0 bridgehead atoms. The van der Waals surface area contributed by atoms with Gasteiger partial charge in [-0.2, -0.15) is 0 Å². The Morgan fingerprint density at radius 1 is 1.13 bits per heavy atom. The Bertz CT molecular complexity index is 325. The molecule has 0 aliphatic carbocycles. The molecule has 0 atom stereocenters. The molecule has 0 spiro atoms. The van der Waals surface area contributed by atoms with Crippen molar-refractivity contribution in [2.45, 2.75) is 58.8 Å². The van der Waals surface area contributed by atoms with Gasteiger partial charge >= 0.3 is 5.63 Å². The molecular weight excluding hydrogens is 190 g/mol. The molecule has 3 nitrogen and oxygen atoms in total. The van der Waals surface area contributed by atoms with E-state index < -0.39 is 0 Å². The number of unbranched alkanes of at least 4 members (excludes halogenated alkanes) is 5. The van der Waals surface area contributed by atoms with Crippen LogP contribution in [-0.2, 0) is 6.42 Å². The molecule has 86 valence electrons. The average molecular weight is 211 g/mol. The van der Waals surface area contributed by atoms with E-state index in [1.807, 2.05) is 6.92 Å². The summed E-state index contributed by atoms with van der Waals surface area (Å²) in [5.74, 6) is 0. The molecule has 15 heavy (non-hydrogen) atoms. The van der Waals surface area contributed by atoms with Crippen LogP contribution in [0.15, 0.2) is 9.32 Å². The first kappa shape index (κ1) is 12.1. The lowest BCUT2D eigenvalue weighted by Crippen LogP contribution is -2.02. The summed E-state index contributed by atoms with van der Waals surface area (Å²) in [6, 6.07) is 0. The third kappa shape index (κ3) is 3.94. The average Bonchev–Trinajstić information content (AvgIpc) is 2.54. The minimum Gasteiger partial charge on any atom is -0.339 e. The van der Waals surface area contributed by atoms with Gasteiger partial charge in [-0.15, -0.1) is 0 Å². The van der Waals surface area contributed by atoms with Gasteiger partial charge in [-0.05, 0) is 19.8 Å².